The van der Waals surface area contributed by atoms with Crippen molar-refractivity contribution in [2.45, 2.75) is 6.61 Å². The molecular formula is C25H18Br2N8O3. The molecule has 0 saturated carbocycles. The average Bonchev–Trinajstić information content (AvgIpc) is 3.56. The Hall–Kier alpha value is -4.07. The molecule has 0 aliphatic rings. The van der Waals surface area contributed by atoms with Crippen LogP contribution in [0, 0.1) is 0 Å². The molecule has 6 rings (SSSR count). The molecule has 0 fully saturated rings. The fraction of sp³-hybridized carbons (Fsp3) is 0.0800. The van der Waals surface area contributed by atoms with E-state index in [0.29, 0.717) is 17.3 Å². The molecule has 4 aromatic heterocycles. The highest BCUT2D eigenvalue weighted by Gasteiger charge is 2.12. The van der Waals surface area contributed by atoms with Gasteiger partial charge >= 0.3 is 5.97 Å². The summed E-state index contributed by atoms with van der Waals surface area (Å²) in [5.74, 6) is 0.521. The Bertz CT molecular complexity index is 1770. The van der Waals surface area contributed by atoms with Crippen molar-refractivity contribution in [3.05, 3.63) is 93.9 Å². The normalized spacial score (nSPS) is 10.8. The number of aromatic nitrogens is 8. The molecule has 0 unspecified atom stereocenters. The Morgan fingerprint density at radius 1 is 0.816 bits per heavy atom. The monoisotopic (exact) mass is 636 g/mol. The van der Waals surface area contributed by atoms with E-state index in [1.165, 1.54) is 19.5 Å². The van der Waals surface area contributed by atoms with Gasteiger partial charge in [-0.05, 0) is 24.3 Å². The SMILES string of the molecule is COC(=O)c1cncc(-n2ncc3ccc(Br)cc32)n1.OCc1cncc(-n2ncc3ccc(Br)cc32)n1. The minimum atomic E-state index is -0.531. The van der Waals surface area contributed by atoms with Gasteiger partial charge in [-0.3, -0.25) is 9.97 Å². The van der Waals surface area contributed by atoms with Crippen molar-refractivity contribution >= 4 is 59.6 Å². The Morgan fingerprint density at radius 3 is 1.92 bits per heavy atom. The molecule has 0 spiro atoms. The van der Waals surface area contributed by atoms with E-state index < -0.39 is 5.97 Å². The van der Waals surface area contributed by atoms with Crippen LogP contribution in [0.4, 0.5) is 0 Å². The van der Waals surface area contributed by atoms with E-state index in [1.54, 1.807) is 34.2 Å². The summed E-state index contributed by atoms with van der Waals surface area (Å²) in [7, 11) is 1.30. The molecule has 190 valence electrons. The number of fused-ring (bicyclic) bond motifs is 2. The summed E-state index contributed by atoms with van der Waals surface area (Å²) >= 11 is 6.86. The second-order valence-corrected chi connectivity index (χ2v) is 9.63. The van der Waals surface area contributed by atoms with Crippen LogP contribution in [0.5, 0.6) is 0 Å². The third-order valence-corrected chi connectivity index (χ3v) is 6.34. The smallest absolute Gasteiger partial charge is 0.358 e. The zero-order valence-electron chi connectivity index (χ0n) is 19.7. The molecule has 0 atom stereocenters. The fourth-order valence-corrected chi connectivity index (χ4v) is 4.28. The number of carbonyl (C=O) groups is 1. The molecule has 0 saturated heterocycles. The lowest BCUT2D eigenvalue weighted by atomic mass is 10.2. The van der Waals surface area contributed by atoms with Crippen molar-refractivity contribution in [1.82, 2.24) is 39.5 Å². The van der Waals surface area contributed by atoms with Crippen LogP contribution in [0.3, 0.4) is 0 Å². The van der Waals surface area contributed by atoms with E-state index in [4.69, 9.17) is 5.11 Å². The first-order chi connectivity index (χ1) is 18.5. The van der Waals surface area contributed by atoms with Gasteiger partial charge in [0.25, 0.3) is 0 Å². The van der Waals surface area contributed by atoms with E-state index in [9.17, 15) is 4.79 Å². The topological polar surface area (TPSA) is 134 Å². The Labute approximate surface area is 232 Å². The highest BCUT2D eigenvalue weighted by Crippen LogP contribution is 2.22. The molecule has 0 amide bonds. The first-order valence-corrected chi connectivity index (χ1v) is 12.6. The summed E-state index contributed by atoms with van der Waals surface area (Å²) < 4.78 is 9.87. The number of methoxy groups -OCH3 is 1. The van der Waals surface area contributed by atoms with Crippen LogP contribution >= 0.6 is 31.9 Å². The number of aliphatic hydroxyl groups excluding tert-OH is 1. The highest BCUT2D eigenvalue weighted by molar-refractivity contribution is 9.10. The summed E-state index contributed by atoms with van der Waals surface area (Å²) in [4.78, 5) is 28.0. The predicted octanol–water partition coefficient (Wildman–Crippen LogP) is 4.43. The Kier molecular flexibility index (Phi) is 7.49. The van der Waals surface area contributed by atoms with Crippen molar-refractivity contribution < 1.29 is 14.6 Å². The molecule has 0 aliphatic heterocycles. The number of esters is 1. The van der Waals surface area contributed by atoms with Gasteiger partial charge in [0.2, 0.25) is 0 Å². The summed E-state index contributed by atoms with van der Waals surface area (Å²) in [6, 6.07) is 11.7. The quantitative estimate of drug-likeness (QED) is 0.279. The minimum absolute atomic E-state index is 0.135. The molecule has 11 nitrogen and oxygen atoms in total. The second-order valence-electron chi connectivity index (χ2n) is 7.80. The van der Waals surface area contributed by atoms with Crippen LogP contribution in [0.25, 0.3) is 33.4 Å². The third kappa shape index (κ3) is 5.30. The molecule has 1 N–H and O–H groups in total. The van der Waals surface area contributed by atoms with E-state index in [2.05, 4.69) is 66.7 Å². The lowest BCUT2D eigenvalue weighted by Gasteiger charge is -2.04. The number of benzene rings is 2. The van der Waals surface area contributed by atoms with E-state index in [0.717, 1.165) is 30.8 Å². The third-order valence-electron chi connectivity index (χ3n) is 5.35. The standard InChI is InChI=1S/C13H9BrN4O2.C12H9BrN4O/c1-20-13(19)10-6-15-7-12(17-10)18-11-4-9(14)3-2-8(11)5-16-18;13-9-2-1-8-4-15-17(11(8)3-9)12-6-14-5-10(7-18)16-12/h2-7H,1H3;1-6,18H,7H2. The van der Waals surface area contributed by atoms with E-state index in [1.807, 2.05) is 36.4 Å². The second kappa shape index (κ2) is 11.1. The number of hydrogen-bond acceptors (Lipinski definition) is 9. The van der Waals surface area contributed by atoms with Crippen LogP contribution in [0.15, 0.2) is 82.5 Å². The van der Waals surface area contributed by atoms with Gasteiger partial charge < -0.3 is 9.84 Å². The average molecular weight is 638 g/mol. The van der Waals surface area contributed by atoms with E-state index in [-0.39, 0.29) is 12.3 Å². The van der Waals surface area contributed by atoms with Crippen molar-refractivity contribution in [2.75, 3.05) is 7.11 Å². The van der Waals surface area contributed by atoms with Crippen LogP contribution in [0.1, 0.15) is 16.2 Å². The maximum Gasteiger partial charge on any atom is 0.358 e. The van der Waals surface area contributed by atoms with Gasteiger partial charge in [0.05, 0.1) is 67.6 Å². The van der Waals surface area contributed by atoms with Crippen molar-refractivity contribution in [2.24, 2.45) is 0 Å². The molecule has 0 bridgehead atoms. The number of ether oxygens (including phenoxy) is 1. The largest absolute Gasteiger partial charge is 0.464 e. The van der Waals surface area contributed by atoms with Crippen molar-refractivity contribution in [1.29, 1.82) is 0 Å². The summed E-state index contributed by atoms with van der Waals surface area (Å²) in [5.41, 5.74) is 2.47. The van der Waals surface area contributed by atoms with Crippen LogP contribution in [-0.2, 0) is 11.3 Å². The number of carbonyl (C=O) groups excluding carboxylic acids is 1. The van der Waals surface area contributed by atoms with Gasteiger partial charge in [0.15, 0.2) is 17.3 Å². The number of nitrogens with zero attached hydrogens (tertiary/aromatic N) is 8. The molecule has 4 heterocycles. The first-order valence-electron chi connectivity index (χ1n) is 11.1. The van der Waals surface area contributed by atoms with Crippen LogP contribution in [-0.4, -0.2) is 57.7 Å². The Morgan fingerprint density at radius 2 is 1.37 bits per heavy atom. The molecule has 2 aromatic carbocycles. The van der Waals surface area contributed by atoms with Gasteiger partial charge in [-0.25, -0.2) is 24.1 Å². The zero-order valence-corrected chi connectivity index (χ0v) is 22.9. The first kappa shape index (κ1) is 25.6. The lowest BCUT2D eigenvalue weighted by molar-refractivity contribution is 0.0593. The number of aliphatic hydroxyl groups is 1. The van der Waals surface area contributed by atoms with Gasteiger partial charge in [0.1, 0.15) is 0 Å². The summed E-state index contributed by atoms with van der Waals surface area (Å²) in [5, 5.41) is 19.6. The number of rotatable bonds is 4. The minimum Gasteiger partial charge on any atom is -0.464 e. The fourth-order valence-electron chi connectivity index (χ4n) is 3.58. The zero-order chi connectivity index (χ0) is 26.6. The molecule has 13 heteroatoms. The number of hydrogen-bond donors (Lipinski definition) is 1. The highest BCUT2D eigenvalue weighted by atomic mass is 79.9. The van der Waals surface area contributed by atoms with Crippen molar-refractivity contribution in [3.8, 4) is 11.6 Å². The molecule has 0 radical (unpaired) electrons. The molecule has 6 aromatic rings. The van der Waals surface area contributed by atoms with Gasteiger partial charge in [-0.15, -0.1) is 0 Å². The molecule has 38 heavy (non-hydrogen) atoms. The van der Waals surface area contributed by atoms with Crippen LogP contribution < -0.4 is 0 Å². The summed E-state index contributed by atoms with van der Waals surface area (Å²) in [6.45, 7) is -0.135. The van der Waals surface area contributed by atoms with Gasteiger partial charge in [0, 0.05) is 19.7 Å². The van der Waals surface area contributed by atoms with Crippen molar-refractivity contribution in [3.63, 3.8) is 0 Å². The number of halogens is 2. The Balaban J connectivity index is 0.000000156. The van der Waals surface area contributed by atoms with Gasteiger partial charge in [-0.1, -0.05) is 44.0 Å². The van der Waals surface area contributed by atoms with Crippen LogP contribution in [0.2, 0.25) is 0 Å². The molecular weight excluding hydrogens is 620 g/mol. The maximum absolute atomic E-state index is 11.5. The predicted molar refractivity (Wildman–Crippen MR) is 146 cm³/mol. The van der Waals surface area contributed by atoms with E-state index >= 15 is 0 Å². The maximum atomic E-state index is 11.5. The summed E-state index contributed by atoms with van der Waals surface area (Å²) in [6.07, 6.45) is 9.55. The lowest BCUT2D eigenvalue weighted by Crippen LogP contribution is -2.08. The van der Waals surface area contributed by atoms with Gasteiger partial charge in [-0.2, -0.15) is 10.2 Å². The molecule has 0 aliphatic carbocycles.